The van der Waals surface area contributed by atoms with E-state index in [2.05, 4.69) is 111 Å². The fraction of sp³-hybridized carbons (Fsp3) is 0.0698. The predicted octanol–water partition coefficient (Wildman–Crippen LogP) is 10.3. The van der Waals surface area contributed by atoms with Crippen molar-refractivity contribution in [2.24, 2.45) is 0 Å². The molecule has 0 fully saturated rings. The van der Waals surface area contributed by atoms with Gasteiger partial charge in [-0.05, 0) is 74.8 Å². The van der Waals surface area contributed by atoms with Crippen molar-refractivity contribution in [2.45, 2.75) is 19.3 Å². The molecule has 1 aliphatic carbocycles. The van der Waals surface area contributed by atoms with Gasteiger partial charge < -0.3 is 0 Å². The summed E-state index contributed by atoms with van der Waals surface area (Å²) in [4.78, 5) is 12.1. The maximum atomic E-state index is 5.28. The fourth-order valence-electron chi connectivity index (χ4n) is 7.64. The molecule has 7 aromatic carbocycles. The first-order chi connectivity index (χ1) is 23.5. The van der Waals surface area contributed by atoms with Crippen molar-refractivity contribution in [1.29, 1.82) is 0 Å². The van der Waals surface area contributed by atoms with Gasteiger partial charge in [0, 0.05) is 27.3 Å². The molecule has 0 unspecified atom stereocenters. The highest BCUT2D eigenvalue weighted by molar-refractivity contribution is 6.18. The summed E-state index contributed by atoms with van der Waals surface area (Å²) in [5, 5.41) is 15.3. The SMILES string of the molecule is CC1(C)c2ccccc2-c2cc(-c3nc(-c4ccc5c(ccc6ccc7nn(-c8ccccc8)nc7c65)c4)nc4ccccc34)ccc21. The lowest BCUT2D eigenvalue weighted by molar-refractivity contribution is 0.660. The highest BCUT2D eigenvalue weighted by atomic mass is 15.5. The largest absolute Gasteiger partial charge is 0.228 e. The van der Waals surface area contributed by atoms with Crippen LogP contribution in [0.1, 0.15) is 25.0 Å². The zero-order valence-corrected chi connectivity index (χ0v) is 26.5. The van der Waals surface area contributed by atoms with Gasteiger partial charge in [-0.15, -0.1) is 10.2 Å². The molecule has 2 aromatic heterocycles. The molecule has 0 bridgehead atoms. The summed E-state index contributed by atoms with van der Waals surface area (Å²) >= 11 is 0. The minimum absolute atomic E-state index is 0.0417. The van der Waals surface area contributed by atoms with Gasteiger partial charge in [-0.1, -0.05) is 117 Å². The maximum absolute atomic E-state index is 5.28. The molecular weight excluding hydrogens is 587 g/mol. The lowest BCUT2D eigenvalue weighted by atomic mass is 9.82. The van der Waals surface area contributed by atoms with Crippen molar-refractivity contribution >= 4 is 43.5 Å². The Balaban J connectivity index is 1.14. The van der Waals surface area contributed by atoms with Gasteiger partial charge in [0.1, 0.15) is 11.0 Å². The van der Waals surface area contributed by atoms with Crippen LogP contribution in [0.2, 0.25) is 0 Å². The highest BCUT2D eigenvalue weighted by Crippen LogP contribution is 2.49. The third kappa shape index (κ3) is 3.91. The van der Waals surface area contributed by atoms with Gasteiger partial charge in [0.25, 0.3) is 0 Å². The molecule has 0 aliphatic heterocycles. The first-order valence-corrected chi connectivity index (χ1v) is 16.3. The van der Waals surface area contributed by atoms with E-state index in [9.17, 15) is 0 Å². The van der Waals surface area contributed by atoms with Crippen LogP contribution >= 0.6 is 0 Å². The summed E-state index contributed by atoms with van der Waals surface area (Å²) in [6, 6.07) is 49.0. The Morgan fingerprint density at radius 2 is 1.27 bits per heavy atom. The Morgan fingerprint density at radius 1 is 0.521 bits per heavy atom. The molecule has 10 rings (SSSR count). The quantitative estimate of drug-likeness (QED) is 0.186. The third-order valence-electron chi connectivity index (χ3n) is 10.1. The minimum Gasteiger partial charge on any atom is -0.228 e. The number of rotatable bonds is 3. The summed E-state index contributed by atoms with van der Waals surface area (Å²) in [7, 11) is 0. The molecule has 0 amide bonds. The fourth-order valence-corrected chi connectivity index (χ4v) is 7.64. The van der Waals surface area contributed by atoms with Crippen molar-refractivity contribution in [3.8, 4) is 39.5 Å². The van der Waals surface area contributed by atoms with Gasteiger partial charge in [-0.25, -0.2) is 9.97 Å². The van der Waals surface area contributed by atoms with E-state index in [1.807, 2.05) is 42.5 Å². The Morgan fingerprint density at radius 3 is 2.19 bits per heavy atom. The molecule has 0 saturated carbocycles. The summed E-state index contributed by atoms with van der Waals surface area (Å²) < 4.78 is 0. The molecule has 0 radical (unpaired) electrons. The van der Waals surface area contributed by atoms with Crippen LogP contribution in [0.25, 0.3) is 82.9 Å². The molecule has 48 heavy (non-hydrogen) atoms. The Labute approximate surface area is 277 Å². The second-order valence-electron chi connectivity index (χ2n) is 13.2. The van der Waals surface area contributed by atoms with E-state index in [0.29, 0.717) is 5.82 Å². The Hall–Kier alpha value is -6.20. The normalized spacial score (nSPS) is 13.4. The van der Waals surface area contributed by atoms with Crippen LogP contribution < -0.4 is 0 Å². The number of hydrogen-bond acceptors (Lipinski definition) is 4. The molecule has 0 N–H and O–H groups in total. The molecule has 226 valence electrons. The molecule has 0 spiro atoms. The average molecular weight is 616 g/mol. The van der Waals surface area contributed by atoms with Gasteiger partial charge >= 0.3 is 0 Å². The van der Waals surface area contributed by atoms with E-state index in [-0.39, 0.29) is 5.41 Å². The zero-order chi connectivity index (χ0) is 32.0. The minimum atomic E-state index is -0.0417. The van der Waals surface area contributed by atoms with Crippen molar-refractivity contribution in [2.75, 3.05) is 0 Å². The molecule has 1 aliphatic rings. The van der Waals surface area contributed by atoms with Gasteiger partial charge in [0.05, 0.1) is 16.9 Å². The van der Waals surface area contributed by atoms with Crippen LogP contribution in [0.3, 0.4) is 0 Å². The predicted molar refractivity (Wildman–Crippen MR) is 195 cm³/mol. The summed E-state index contributed by atoms with van der Waals surface area (Å²) in [5.74, 6) is 0.708. The summed E-state index contributed by atoms with van der Waals surface area (Å²) in [6.45, 7) is 4.63. The molecular formula is C43H29N5. The lowest BCUT2D eigenvalue weighted by Gasteiger charge is -2.21. The third-order valence-corrected chi connectivity index (χ3v) is 10.1. The van der Waals surface area contributed by atoms with Crippen molar-refractivity contribution < 1.29 is 0 Å². The van der Waals surface area contributed by atoms with Crippen LogP contribution in [0.5, 0.6) is 0 Å². The number of hydrogen-bond donors (Lipinski definition) is 0. The van der Waals surface area contributed by atoms with E-state index < -0.39 is 0 Å². The molecule has 2 heterocycles. The average Bonchev–Trinajstić information content (AvgIpc) is 3.68. The van der Waals surface area contributed by atoms with Crippen LogP contribution in [0.4, 0.5) is 0 Å². The topological polar surface area (TPSA) is 56.5 Å². The van der Waals surface area contributed by atoms with E-state index in [1.54, 1.807) is 4.80 Å². The first kappa shape index (κ1) is 27.0. The molecule has 0 saturated heterocycles. The van der Waals surface area contributed by atoms with Crippen molar-refractivity contribution in [3.63, 3.8) is 0 Å². The van der Waals surface area contributed by atoms with E-state index in [4.69, 9.17) is 20.2 Å². The molecule has 9 aromatic rings. The molecule has 5 nitrogen and oxygen atoms in total. The number of aromatic nitrogens is 5. The molecule has 5 heteroatoms. The second kappa shape index (κ2) is 9.90. The Bertz CT molecular complexity index is 2760. The Kier molecular flexibility index (Phi) is 5.56. The van der Waals surface area contributed by atoms with E-state index >= 15 is 0 Å². The van der Waals surface area contributed by atoms with E-state index in [0.717, 1.165) is 66.0 Å². The second-order valence-corrected chi connectivity index (χ2v) is 13.2. The molecule has 0 atom stereocenters. The smallest absolute Gasteiger partial charge is 0.160 e. The number of para-hydroxylation sites is 2. The monoisotopic (exact) mass is 615 g/mol. The van der Waals surface area contributed by atoms with Crippen LogP contribution in [-0.2, 0) is 5.41 Å². The highest BCUT2D eigenvalue weighted by Gasteiger charge is 2.35. The summed E-state index contributed by atoms with van der Waals surface area (Å²) in [5.41, 5.74) is 11.9. The van der Waals surface area contributed by atoms with Gasteiger partial charge in [-0.3, -0.25) is 0 Å². The first-order valence-electron chi connectivity index (χ1n) is 16.3. The van der Waals surface area contributed by atoms with E-state index in [1.165, 1.54) is 22.3 Å². The van der Waals surface area contributed by atoms with Crippen LogP contribution in [0.15, 0.2) is 140 Å². The maximum Gasteiger partial charge on any atom is 0.160 e. The van der Waals surface area contributed by atoms with Gasteiger partial charge in [0.2, 0.25) is 0 Å². The standard InChI is InChI=1S/C43H29N5/c1-43(2)35-14-8-6-12-32(35)34-25-28(19-22-36(34)43)40-33-13-7-9-15-37(33)44-42(45-40)29-18-21-31-27(24-29)17-16-26-20-23-38-41(39(26)31)47-48(46-38)30-10-4-3-5-11-30/h3-25H,1-2H3. The zero-order valence-electron chi connectivity index (χ0n) is 26.5. The summed E-state index contributed by atoms with van der Waals surface area (Å²) in [6.07, 6.45) is 0. The van der Waals surface area contributed by atoms with Crippen molar-refractivity contribution in [1.82, 2.24) is 25.0 Å². The number of nitrogens with zero attached hydrogens (tertiary/aromatic N) is 5. The van der Waals surface area contributed by atoms with Gasteiger partial charge in [-0.2, -0.15) is 4.80 Å². The van der Waals surface area contributed by atoms with Crippen LogP contribution in [0, 0.1) is 0 Å². The lowest BCUT2D eigenvalue weighted by Crippen LogP contribution is -2.14. The van der Waals surface area contributed by atoms with Crippen molar-refractivity contribution in [3.05, 3.63) is 151 Å². The van der Waals surface area contributed by atoms with Gasteiger partial charge in [0.15, 0.2) is 5.82 Å². The number of fused-ring (bicyclic) bond motifs is 9. The van der Waals surface area contributed by atoms with Crippen LogP contribution in [-0.4, -0.2) is 25.0 Å². The number of benzene rings is 7.